The van der Waals surface area contributed by atoms with Crippen LogP contribution in [0, 0.1) is 11.6 Å². The van der Waals surface area contributed by atoms with Crippen LogP contribution in [0.5, 0.6) is 0 Å². The second kappa shape index (κ2) is 4.97. The molecule has 5 nitrogen and oxygen atoms in total. The van der Waals surface area contributed by atoms with E-state index in [0.29, 0.717) is 0 Å². The Hall–Kier alpha value is -2.57. The van der Waals surface area contributed by atoms with Crippen molar-refractivity contribution in [2.24, 2.45) is 0 Å². The van der Waals surface area contributed by atoms with Crippen molar-refractivity contribution in [2.75, 3.05) is 0 Å². The van der Waals surface area contributed by atoms with E-state index >= 15 is 0 Å². The lowest BCUT2D eigenvalue weighted by molar-refractivity contribution is 0.0965. The highest BCUT2D eigenvalue weighted by atomic mass is 19.1. The van der Waals surface area contributed by atoms with Crippen molar-refractivity contribution in [1.29, 1.82) is 0 Å². The maximum absolute atomic E-state index is 13.4. The van der Waals surface area contributed by atoms with Crippen LogP contribution in [0.2, 0.25) is 0 Å². The predicted molar refractivity (Wildman–Crippen MR) is 62.0 cm³/mol. The first-order valence-electron chi connectivity index (χ1n) is 5.25. The number of nitrogens with zero attached hydrogens (tertiary/aromatic N) is 1. The molecule has 0 amide bonds. The van der Waals surface area contributed by atoms with Crippen LogP contribution in [-0.2, 0) is 6.54 Å². The maximum atomic E-state index is 13.4. The molecule has 1 aromatic heterocycles. The van der Waals surface area contributed by atoms with Crippen LogP contribution in [-0.4, -0.2) is 15.3 Å². The summed E-state index contributed by atoms with van der Waals surface area (Å²) in [5.74, 6) is -2.39. The van der Waals surface area contributed by atoms with Gasteiger partial charge in [0.25, 0.3) is 5.56 Å². The first-order valence-corrected chi connectivity index (χ1v) is 5.25. The number of halogens is 2. The lowest BCUT2D eigenvalue weighted by atomic mass is 10.1. The fraction of sp³-hybridized carbons (Fsp3) is 0.0833. The van der Waals surface area contributed by atoms with Gasteiger partial charge in [0, 0.05) is 12.3 Å². The molecule has 0 unspecified atom stereocenters. The third kappa shape index (κ3) is 2.82. The van der Waals surface area contributed by atoms with E-state index in [1.54, 1.807) is 0 Å². The SMILES string of the molecule is O=C(Cn1ccc(=O)[nH]c1=O)c1cc(F)ccc1F. The summed E-state index contributed by atoms with van der Waals surface area (Å²) in [7, 11) is 0. The molecule has 0 saturated heterocycles. The molecule has 0 saturated carbocycles. The van der Waals surface area contributed by atoms with Gasteiger partial charge in [-0.1, -0.05) is 0 Å². The molecule has 0 aliphatic heterocycles. The van der Waals surface area contributed by atoms with Crippen LogP contribution in [0.1, 0.15) is 10.4 Å². The van der Waals surface area contributed by atoms with Gasteiger partial charge in [-0.2, -0.15) is 0 Å². The number of aromatic nitrogens is 2. The predicted octanol–water partition coefficient (Wildman–Crippen LogP) is 0.698. The molecule has 0 radical (unpaired) electrons. The summed E-state index contributed by atoms with van der Waals surface area (Å²) < 4.78 is 27.2. The molecular weight excluding hydrogens is 258 g/mol. The zero-order valence-electron chi connectivity index (χ0n) is 9.52. The summed E-state index contributed by atoms with van der Waals surface area (Å²) >= 11 is 0. The Bertz CT molecular complexity index is 749. The largest absolute Gasteiger partial charge is 0.328 e. The molecule has 19 heavy (non-hydrogen) atoms. The van der Waals surface area contributed by atoms with Gasteiger partial charge < -0.3 is 0 Å². The second-order valence-electron chi connectivity index (χ2n) is 3.79. The number of Topliss-reactive ketones (excluding diaryl/α,β-unsaturated/α-hetero) is 1. The minimum Gasteiger partial charge on any atom is -0.293 e. The second-order valence-corrected chi connectivity index (χ2v) is 3.79. The Morgan fingerprint density at radius 3 is 2.63 bits per heavy atom. The number of ketones is 1. The van der Waals surface area contributed by atoms with Crippen molar-refractivity contribution in [3.05, 3.63) is 68.5 Å². The highest BCUT2D eigenvalue weighted by Crippen LogP contribution is 2.10. The zero-order chi connectivity index (χ0) is 14.0. The third-order valence-corrected chi connectivity index (χ3v) is 2.44. The number of carbonyl (C=O) groups excluding carboxylic acids is 1. The topological polar surface area (TPSA) is 71.9 Å². The molecule has 2 aromatic rings. The minimum absolute atomic E-state index is 0.446. The Balaban J connectivity index is 2.33. The van der Waals surface area contributed by atoms with Crippen LogP contribution in [0.4, 0.5) is 8.78 Å². The van der Waals surface area contributed by atoms with Crippen LogP contribution in [0.25, 0.3) is 0 Å². The van der Waals surface area contributed by atoms with E-state index in [9.17, 15) is 23.2 Å². The van der Waals surface area contributed by atoms with Crippen LogP contribution in [0.3, 0.4) is 0 Å². The van der Waals surface area contributed by atoms with E-state index in [1.165, 1.54) is 0 Å². The summed E-state index contributed by atoms with van der Waals surface area (Å²) in [5, 5.41) is 0. The summed E-state index contributed by atoms with van der Waals surface area (Å²) in [6.45, 7) is -0.490. The molecule has 0 atom stereocenters. The smallest absolute Gasteiger partial charge is 0.293 e. The van der Waals surface area contributed by atoms with Crippen molar-refractivity contribution >= 4 is 5.78 Å². The summed E-state index contributed by atoms with van der Waals surface area (Å²) in [6, 6.07) is 3.53. The molecule has 1 aromatic carbocycles. The number of aromatic amines is 1. The van der Waals surface area contributed by atoms with Gasteiger partial charge >= 0.3 is 5.69 Å². The number of carbonyl (C=O) groups is 1. The maximum Gasteiger partial charge on any atom is 0.328 e. The fourth-order valence-corrected chi connectivity index (χ4v) is 1.52. The van der Waals surface area contributed by atoms with E-state index < -0.39 is 40.8 Å². The minimum atomic E-state index is -0.871. The summed E-state index contributed by atoms with van der Waals surface area (Å²) in [6.07, 6.45) is 1.11. The fourth-order valence-electron chi connectivity index (χ4n) is 1.52. The monoisotopic (exact) mass is 266 g/mol. The Morgan fingerprint density at radius 1 is 1.21 bits per heavy atom. The first-order chi connectivity index (χ1) is 8.97. The van der Waals surface area contributed by atoms with Gasteiger partial charge in [0.2, 0.25) is 0 Å². The van der Waals surface area contributed by atoms with E-state index in [4.69, 9.17) is 0 Å². The number of hydrogen-bond acceptors (Lipinski definition) is 3. The van der Waals surface area contributed by atoms with Gasteiger partial charge in [0.15, 0.2) is 5.78 Å². The van der Waals surface area contributed by atoms with Gasteiger partial charge in [-0.05, 0) is 18.2 Å². The summed E-state index contributed by atoms with van der Waals surface area (Å²) in [5.41, 5.74) is -1.85. The third-order valence-electron chi connectivity index (χ3n) is 2.44. The normalized spacial score (nSPS) is 10.4. The molecular formula is C12H8F2N2O3. The van der Waals surface area contributed by atoms with Crippen LogP contribution < -0.4 is 11.2 Å². The summed E-state index contributed by atoms with van der Waals surface area (Å²) in [4.78, 5) is 35.9. The highest BCUT2D eigenvalue weighted by Gasteiger charge is 2.14. The highest BCUT2D eigenvalue weighted by molar-refractivity contribution is 5.96. The average Bonchev–Trinajstić information content (AvgIpc) is 2.35. The molecule has 0 aliphatic carbocycles. The molecule has 0 fully saturated rings. The number of H-pyrrole nitrogens is 1. The standard InChI is InChI=1S/C12H8F2N2O3/c13-7-1-2-9(14)8(5-7)10(17)6-16-4-3-11(18)15-12(16)19/h1-5H,6H2,(H,15,18,19). The number of benzene rings is 1. The van der Waals surface area contributed by atoms with Gasteiger partial charge in [-0.15, -0.1) is 0 Å². The molecule has 0 bridgehead atoms. The van der Waals surface area contributed by atoms with Gasteiger partial charge in [-0.25, -0.2) is 13.6 Å². The van der Waals surface area contributed by atoms with Crippen molar-refractivity contribution in [1.82, 2.24) is 9.55 Å². The number of rotatable bonds is 3. The molecule has 0 spiro atoms. The molecule has 0 aliphatic rings. The Labute approximate surface area is 105 Å². The molecule has 1 heterocycles. The quantitative estimate of drug-likeness (QED) is 0.831. The first kappa shape index (κ1) is 12.9. The van der Waals surface area contributed by atoms with E-state index in [1.807, 2.05) is 4.98 Å². The lowest BCUT2D eigenvalue weighted by Crippen LogP contribution is -2.31. The van der Waals surface area contributed by atoms with E-state index in [0.717, 1.165) is 35.0 Å². The zero-order valence-corrected chi connectivity index (χ0v) is 9.52. The average molecular weight is 266 g/mol. The van der Waals surface area contributed by atoms with E-state index in [-0.39, 0.29) is 0 Å². The molecule has 7 heteroatoms. The van der Waals surface area contributed by atoms with Gasteiger partial charge in [0.05, 0.1) is 12.1 Å². The lowest BCUT2D eigenvalue weighted by Gasteiger charge is -2.05. The molecule has 2 rings (SSSR count). The Morgan fingerprint density at radius 2 is 1.95 bits per heavy atom. The van der Waals surface area contributed by atoms with Crippen molar-refractivity contribution < 1.29 is 13.6 Å². The Kier molecular flexibility index (Phi) is 3.37. The van der Waals surface area contributed by atoms with Crippen LogP contribution >= 0.6 is 0 Å². The molecule has 98 valence electrons. The number of nitrogens with one attached hydrogen (secondary N) is 1. The number of hydrogen-bond donors (Lipinski definition) is 1. The van der Waals surface area contributed by atoms with Gasteiger partial charge in [-0.3, -0.25) is 19.1 Å². The van der Waals surface area contributed by atoms with E-state index in [2.05, 4.69) is 0 Å². The van der Waals surface area contributed by atoms with Crippen molar-refractivity contribution in [3.63, 3.8) is 0 Å². The van der Waals surface area contributed by atoms with Crippen LogP contribution in [0.15, 0.2) is 40.1 Å². The molecule has 1 N–H and O–H groups in total. The van der Waals surface area contributed by atoms with Crippen molar-refractivity contribution in [2.45, 2.75) is 6.54 Å². The van der Waals surface area contributed by atoms with Crippen molar-refractivity contribution in [3.8, 4) is 0 Å². The van der Waals surface area contributed by atoms with Gasteiger partial charge in [0.1, 0.15) is 11.6 Å².